The molecule has 4 N–H and O–H groups in total. The number of guanidine groups is 1. The van der Waals surface area contributed by atoms with Crippen LogP contribution in [0.15, 0.2) is 41.4 Å². The van der Waals surface area contributed by atoms with Crippen LogP contribution in [-0.2, 0) is 11.2 Å². The van der Waals surface area contributed by atoms with E-state index in [0.29, 0.717) is 18.1 Å². The SMILES string of the molecule is NC(N)=Nc1nc(Cc2ccc3c(c2)OCO3)nc2cc(N3CCOCC3)ccc12. The zero-order valence-corrected chi connectivity index (χ0v) is 16.4. The highest BCUT2D eigenvalue weighted by Crippen LogP contribution is 2.33. The topological polar surface area (TPSA) is 121 Å². The molecule has 1 aromatic heterocycles. The Balaban J connectivity index is 1.54. The molecule has 0 atom stereocenters. The molecular weight excluding hydrogens is 384 g/mol. The molecule has 9 heteroatoms. The highest BCUT2D eigenvalue weighted by atomic mass is 16.7. The number of hydrogen-bond acceptors (Lipinski definition) is 7. The number of ether oxygens (including phenoxy) is 3. The first-order valence-corrected chi connectivity index (χ1v) is 9.77. The number of fused-ring (bicyclic) bond motifs is 2. The van der Waals surface area contributed by atoms with Crippen LogP contribution in [-0.4, -0.2) is 49.0 Å². The average molecular weight is 406 g/mol. The lowest BCUT2D eigenvalue weighted by Crippen LogP contribution is -2.36. The number of morpholine rings is 1. The van der Waals surface area contributed by atoms with E-state index >= 15 is 0 Å². The summed E-state index contributed by atoms with van der Waals surface area (Å²) in [5, 5.41) is 0.801. The Bertz CT molecular complexity index is 1120. The van der Waals surface area contributed by atoms with Gasteiger partial charge >= 0.3 is 0 Å². The molecule has 3 aromatic rings. The van der Waals surface area contributed by atoms with E-state index in [4.69, 9.17) is 30.7 Å². The number of anilines is 1. The van der Waals surface area contributed by atoms with Crippen LogP contribution in [0.2, 0.25) is 0 Å². The highest BCUT2D eigenvalue weighted by molar-refractivity contribution is 5.93. The summed E-state index contributed by atoms with van der Waals surface area (Å²) in [6.45, 7) is 3.37. The first-order valence-electron chi connectivity index (χ1n) is 9.77. The molecule has 30 heavy (non-hydrogen) atoms. The van der Waals surface area contributed by atoms with Gasteiger partial charge in [0, 0.05) is 30.6 Å². The fourth-order valence-corrected chi connectivity index (χ4v) is 3.69. The molecule has 1 saturated heterocycles. The van der Waals surface area contributed by atoms with Crippen molar-refractivity contribution in [2.45, 2.75) is 6.42 Å². The van der Waals surface area contributed by atoms with Crippen molar-refractivity contribution >= 4 is 28.4 Å². The minimum absolute atomic E-state index is 0.0405. The maximum Gasteiger partial charge on any atom is 0.231 e. The number of benzene rings is 2. The number of nitrogens with two attached hydrogens (primary N) is 2. The van der Waals surface area contributed by atoms with Crippen molar-refractivity contribution in [3.8, 4) is 11.5 Å². The minimum atomic E-state index is -0.0405. The van der Waals surface area contributed by atoms with Gasteiger partial charge in [-0.25, -0.2) is 9.97 Å². The van der Waals surface area contributed by atoms with Gasteiger partial charge in [-0.05, 0) is 35.9 Å². The van der Waals surface area contributed by atoms with Crippen molar-refractivity contribution in [2.75, 3.05) is 38.0 Å². The predicted octanol–water partition coefficient (Wildman–Crippen LogP) is 1.69. The van der Waals surface area contributed by atoms with Gasteiger partial charge in [0.05, 0.1) is 18.7 Å². The smallest absolute Gasteiger partial charge is 0.231 e. The molecule has 3 heterocycles. The van der Waals surface area contributed by atoms with Crippen molar-refractivity contribution in [1.82, 2.24) is 9.97 Å². The van der Waals surface area contributed by atoms with E-state index in [1.54, 1.807) is 0 Å². The van der Waals surface area contributed by atoms with E-state index in [0.717, 1.165) is 60.0 Å². The number of nitrogens with zero attached hydrogens (tertiary/aromatic N) is 4. The van der Waals surface area contributed by atoms with E-state index < -0.39 is 0 Å². The summed E-state index contributed by atoms with van der Waals surface area (Å²) in [6, 6.07) is 11.9. The Hall–Kier alpha value is -3.59. The van der Waals surface area contributed by atoms with Crippen molar-refractivity contribution in [1.29, 1.82) is 0 Å². The molecule has 2 aromatic carbocycles. The Morgan fingerprint density at radius 2 is 1.83 bits per heavy atom. The van der Waals surface area contributed by atoms with Crippen LogP contribution < -0.4 is 25.8 Å². The monoisotopic (exact) mass is 406 g/mol. The van der Waals surface area contributed by atoms with Crippen LogP contribution in [0.3, 0.4) is 0 Å². The van der Waals surface area contributed by atoms with Crippen molar-refractivity contribution in [3.05, 3.63) is 47.8 Å². The Labute approximate surface area is 173 Å². The number of hydrogen-bond donors (Lipinski definition) is 2. The van der Waals surface area contributed by atoms with Gasteiger partial charge < -0.3 is 30.6 Å². The molecule has 1 fully saturated rings. The molecule has 0 amide bonds. The predicted molar refractivity (Wildman–Crippen MR) is 113 cm³/mol. The zero-order valence-electron chi connectivity index (χ0n) is 16.4. The Morgan fingerprint density at radius 1 is 1.00 bits per heavy atom. The van der Waals surface area contributed by atoms with Gasteiger partial charge in [0.2, 0.25) is 6.79 Å². The minimum Gasteiger partial charge on any atom is -0.454 e. The van der Waals surface area contributed by atoms with Gasteiger partial charge in [0.25, 0.3) is 0 Å². The third kappa shape index (κ3) is 3.67. The second kappa shape index (κ2) is 7.68. The quantitative estimate of drug-likeness (QED) is 0.496. The van der Waals surface area contributed by atoms with Gasteiger partial charge in [-0.15, -0.1) is 0 Å². The fraction of sp³-hybridized carbons (Fsp3) is 0.286. The number of aromatic nitrogens is 2. The van der Waals surface area contributed by atoms with Crippen molar-refractivity contribution < 1.29 is 14.2 Å². The normalized spacial score (nSPS) is 15.4. The summed E-state index contributed by atoms with van der Waals surface area (Å²) in [7, 11) is 0. The third-order valence-corrected chi connectivity index (χ3v) is 5.12. The maximum atomic E-state index is 5.64. The maximum absolute atomic E-state index is 5.64. The van der Waals surface area contributed by atoms with Crippen LogP contribution in [0.25, 0.3) is 10.9 Å². The molecule has 2 aliphatic heterocycles. The van der Waals surface area contributed by atoms with Gasteiger partial charge in [-0.1, -0.05) is 6.07 Å². The summed E-state index contributed by atoms with van der Waals surface area (Å²) >= 11 is 0. The molecule has 9 nitrogen and oxygen atoms in total. The Morgan fingerprint density at radius 3 is 2.67 bits per heavy atom. The largest absolute Gasteiger partial charge is 0.454 e. The zero-order chi connectivity index (χ0) is 20.5. The number of rotatable bonds is 4. The van der Waals surface area contributed by atoms with E-state index in [1.165, 1.54) is 0 Å². The summed E-state index contributed by atoms with van der Waals surface area (Å²) in [6.07, 6.45) is 0.515. The van der Waals surface area contributed by atoms with E-state index in [2.05, 4.69) is 20.9 Å². The third-order valence-electron chi connectivity index (χ3n) is 5.12. The van der Waals surface area contributed by atoms with Crippen LogP contribution in [0.4, 0.5) is 11.5 Å². The van der Waals surface area contributed by atoms with Gasteiger partial charge in [-0.3, -0.25) is 0 Å². The molecule has 0 unspecified atom stereocenters. The summed E-state index contributed by atoms with van der Waals surface area (Å²) in [4.78, 5) is 15.9. The molecule has 0 bridgehead atoms. The molecule has 0 radical (unpaired) electrons. The molecule has 0 aliphatic carbocycles. The van der Waals surface area contributed by atoms with E-state index in [1.807, 2.05) is 30.3 Å². The Kier molecular flexibility index (Phi) is 4.72. The molecular formula is C21H22N6O3. The fourth-order valence-electron chi connectivity index (χ4n) is 3.69. The summed E-state index contributed by atoms with van der Waals surface area (Å²) < 4.78 is 16.3. The summed E-state index contributed by atoms with van der Waals surface area (Å²) in [5.74, 6) is 2.52. The van der Waals surface area contributed by atoms with Crippen LogP contribution in [0, 0.1) is 0 Å². The van der Waals surface area contributed by atoms with E-state index in [9.17, 15) is 0 Å². The van der Waals surface area contributed by atoms with Crippen LogP contribution in [0.1, 0.15) is 11.4 Å². The van der Waals surface area contributed by atoms with Crippen LogP contribution in [0.5, 0.6) is 11.5 Å². The molecule has 0 saturated carbocycles. The lowest BCUT2D eigenvalue weighted by atomic mass is 10.1. The van der Waals surface area contributed by atoms with Crippen molar-refractivity contribution in [2.24, 2.45) is 16.5 Å². The molecule has 2 aliphatic rings. The highest BCUT2D eigenvalue weighted by Gasteiger charge is 2.16. The lowest BCUT2D eigenvalue weighted by Gasteiger charge is -2.29. The van der Waals surface area contributed by atoms with E-state index in [-0.39, 0.29) is 12.8 Å². The van der Waals surface area contributed by atoms with Gasteiger partial charge in [0.15, 0.2) is 23.3 Å². The van der Waals surface area contributed by atoms with Gasteiger partial charge in [-0.2, -0.15) is 4.99 Å². The van der Waals surface area contributed by atoms with Crippen molar-refractivity contribution in [3.63, 3.8) is 0 Å². The average Bonchev–Trinajstić information content (AvgIpc) is 3.21. The molecule has 154 valence electrons. The summed E-state index contributed by atoms with van der Waals surface area (Å²) in [5.41, 5.74) is 14.2. The lowest BCUT2D eigenvalue weighted by molar-refractivity contribution is 0.122. The molecule has 0 spiro atoms. The number of aliphatic imine (C=N–C) groups is 1. The first kappa shape index (κ1) is 18.4. The second-order valence-corrected chi connectivity index (χ2v) is 7.17. The second-order valence-electron chi connectivity index (χ2n) is 7.17. The van der Waals surface area contributed by atoms with Crippen LogP contribution >= 0.6 is 0 Å². The first-order chi connectivity index (χ1) is 14.7. The van der Waals surface area contributed by atoms with Gasteiger partial charge in [0.1, 0.15) is 5.82 Å². The standard InChI is InChI=1S/C21H22N6O3/c22-21(23)26-20-15-3-2-14(27-5-7-28-8-6-27)11-16(15)24-19(25-20)10-13-1-4-17-18(9-13)30-12-29-17/h1-4,9,11H,5-8,10,12H2,(H4,22,23,24,25,26). The molecule has 5 rings (SSSR count).